The third-order valence-electron chi connectivity index (χ3n) is 3.26. The van der Waals surface area contributed by atoms with Gasteiger partial charge in [-0.2, -0.15) is 0 Å². The average Bonchev–Trinajstić information content (AvgIpc) is 2.93. The Morgan fingerprint density at radius 2 is 1.81 bits per heavy atom. The SMILES string of the molecule is CN(c1ccc(-c2cc(=O)[nH]s2)cc1)c1cccc(Br)c1. The molecular weight excluding hydrogens is 348 g/mol. The molecule has 2 aromatic carbocycles. The highest BCUT2D eigenvalue weighted by Gasteiger charge is 2.06. The highest BCUT2D eigenvalue weighted by atomic mass is 79.9. The number of aromatic amines is 1. The lowest BCUT2D eigenvalue weighted by Gasteiger charge is -2.20. The minimum atomic E-state index is -0.0506. The van der Waals surface area contributed by atoms with Crippen LogP contribution in [0.1, 0.15) is 0 Å². The highest BCUT2D eigenvalue weighted by molar-refractivity contribution is 9.10. The molecule has 3 aromatic rings. The summed E-state index contributed by atoms with van der Waals surface area (Å²) in [4.78, 5) is 14.3. The van der Waals surface area contributed by atoms with Crippen LogP contribution >= 0.6 is 27.5 Å². The quantitative estimate of drug-likeness (QED) is 0.738. The third kappa shape index (κ3) is 3.09. The molecule has 106 valence electrons. The minimum absolute atomic E-state index is 0.0506. The summed E-state index contributed by atoms with van der Waals surface area (Å²) < 4.78 is 3.76. The summed E-state index contributed by atoms with van der Waals surface area (Å²) in [5.74, 6) is 0. The van der Waals surface area contributed by atoms with Crippen molar-refractivity contribution < 1.29 is 0 Å². The van der Waals surface area contributed by atoms with E-state index in [2.05, 4.69) is 49.5 Å². The van der Waals surface area contributed by atoms with Crippen molar-refractivity contribution in [3.8, 4) is 10.4 Å². The Hall–Kier alpha value is -1.85. The Kier molecular flexibility index (Phi) is 3.94. The van der Waals surface area contributed by atoms with E-state index in [4.69, 9.17) is 0 Å². The van der Waals surface area contributed by atoms with E-state index in [-0.39, 0.29) is 5.56 Å². The van der Waals surface area contributed by atoms with Crippen LogP contribution in [0, 0.1) is 0 Å². The molecule has 0 spiro atoms. The predicted octanol–water partition coefficient (Wildman–Crippen LogP) is 4.63. The second-order valence-corrected chi connectivity index (χ2v) is 6.43. The topological polar surface area (TPSA) is 36.1 Å². The van der Waals surface area contributed by atoms with Gasteiger partial charge in [0.2, 0.25) is 0 Å². The molecule has 0 saturated carbocycles. The molecule has 0 aliphatic heterocycles. The average molecular weight is 361 g/mol. The number of benzene rings is 2. The second kappa shape index (κ2) is 5.87. The van der Waals surface area contributed by atoms with Crippen LogP contribution < -0.4 is 10.5 Å². The summed E-state index contributed by atoms with van der Waals surface area (Å²) in [6.45, 7) is 0. The third-order valence-corrected chi connectivity index (χ3v) is 4.63. The standard InChI is InChI=1S/C16H13BrN2OS/c1-19(14-4-2-3-12(17)9-14)13-7-5-11(6-8-13)15-10-16(20)18-21-15/h2-10H,1H3,(H,18,20). The first-order valence-corrected chi connectivity index (χ1v) is 8.03. The molecule has 3 rings (SSSR count). The molecule has 5 heteroatoms. The Morgan fingerprint density at radius 3 is 2.43 bits per heavy atom. The van der Waals surface area contributed by atoms with E-state index in [0.717, 1.165) is 26.3 Å². The van der Waals surface area contributed by atoms with Gasteiger partial charge in [0.05, 0.1) is 4.88 Å². The molecule has 21 heavy (non-hydrogen) atoms. The predicted molar refractivity (Wildman–Crippen MR) is 92.6 cm³/mol. The van der Waals surface area contributed by atoms with Crippen molar-refractivity contribution in [1.82, 2.24) is 4.37 Å². The summed E-state index contributed by atoms with van der Waals surface area (Å²) >= 11 is 4.85. The minimum Gasteiger partial charge on any atom is -0.345 e. The molecule has 1 aromatic heterocycles. The van der Waals surface area contributed by atoms with E-state index in [1.54, 1.807) is 6.07 Å². The molecule has 0 bridgehead atoms. The number of halogens is 1. The first kappa shape index (κ1) is 14.1. The second-order valence-electron chi connectivity index (χ2n) is 4.66. The monoisotopic (exact) mass is 360 g/mol. The van der Waals surface area contributed by atoms with Crippen molar-refractivity contribution in [2.24, 2.45) is 0 Å². The Bertz CT molecular complexity index is 807. The van der Waals surface area contributed by atoms with Gasteiger partial charge in [0.25, 0.3) is 5.56 Å². The van der Waals surface area contributed by atoms with Crippen molar-refractivity contribution in [1.29, 1.82) is 0 Å². The molecule has 1 heterocycles. The van der Waals surface area contributed by atoms with Crippen molar-refractivity contribution in [3.63, 3.8) is 0 Å². The number of nitrogens with zero attached hydrogens (tertiary/aromatic N) is 1. The fourth-order valence-electron chi connectivity index (χ4n) is 2.11. The van der Waals surface area contributed by atoms with Crippen LogP contribution in [0.4, 0.5) is 11.4 Å². The van der Waals surface area contributed by atoms with Gasteiger partial charge in [0.1, 0.15) is 0 Å². The van der Waals surface area contributed by atoms with Gasteiger partial charge >= 0.3 is 0 Å². The molecule has 1 N–H and O–H groups in total. The lowest BCUT2D eigenvalue weighted by atomic mass is 10.1. The first-order valence-electron chi connectivity index (χ1n) is 6.42. The Morgan fingerprint density at radius 1 is 1.05 bits per heavy atom. The van der Waals surface area contributed by atoms with Crippen molar-refractivity contribution in [2.75, 3.05) is 11.9 Å². The van der Waals surface area contributed by atoms with Crippen LogP contribution in [0.3, 0.4) is 0 Å². The number of H-pyrrole nitrogens is 1. The molecular formula is C16H13BrN2OS. The molecule has 0 fully saturated rings. The van der Waals surface area contributed by atoms with E-state index in [9.17, 15) is 4.79 Å². The van der Waals surface area contributed by atoms with E-state index in [1.165, 1.54) is 11.5 Å². The van der Waals surface area contributed by atoms with Crippen molar-refractivity contribution in [3.05, 3.63) is 69.4 Å². The number of hydrogen-bond acceptors (Lipinski definition) is 3. The summed E-state index contributed by atoms with van der Waals surface area (Å²) in [7, 11) is 2.03. The Labute approximate surface area is 135 Å². The Balaban J connectivity index is 1.88. The number of rotatable bonds is 3. The van der Waals surface area contributed by atoms with Gasteiger partial charge in [-0.05, 0) is 35.9 Å². The fraction of sp³-hybridized carbons (Fsp3) is 0.0625. The summed E-state index contributed by atoms with van der Waals surface area (Å²) in [6, 6.07) is 18.0. The largest absolute Gasteiger partial charge is 0.345 e. The first-order chi connectivity index (χ1) is 10.1. The molecule has 0 aliphatic carbocycles. The zero-order valence-corrected chi connectivity index (χ0v) is 13.7. The van der Waals surface area contributed by atoms with Gasteiger partial charge in [-0.1, -0.05) is 45.7 Å². The van der Waals surface area contributed by atoms with Gasteiger partial charge in [0, 0.05) is 29.0 Å². The molecule has 0 aliphatic rings. The molecule has 0 saturated heterocycles. The van der Waals surface area contributed by atoms with Crippen LogP contribution in [-0.4, -0.2) is 11.4 Å². The molecule has 0 atom stereocenters. The summed E-state index contributed by atoms with van der Waals surface area (Å²) in [6.07, 6.45) is 0. The van der Waals surface area contributed by atoms with Gasteiger partial charge < -0.3 is 4.90 Å². The van der Waals surface area contributed by atoms with Crippen molar-refractivity contribution >= 4 is 38.8 Å². The van der Waals surface area contributed by atoms with Crippen LogP contribution in [0.15, 0.2) is 63.9 Å². The normalized spacial score (nSPS) is 10.6. The smallest absolute Gasteiger partial charge is 0.258 e. The van der Waals surface area contributed by atoms with Gasteiger partial charge in [0.15, 0.2) is 0 Å². The molecule has 0 radical (unpaired) electrons. The van der Waals surface area contributed by atoms with Crippen LogP contribution in [-0.2, 0) is 0 Å². The van der Waals surface area contributed by atoms with Gasteiger partial charge in [-0.3, -0.25) is 9.17 Å². The van der Waals surface area contributed by atoms with Crippen molar-refractivity contribution in [2.45, 2.75) is 0 Å². The van der Waals surface area contributed by atoms with E-state index >= 15 is 0 Å². The molecule has 0 unspecified atom stereocenters. The maximum Gasteiger partial charge on any atom is 0.258 e. The van der Waals surface area contributed by atoms with E-state index in [0.29, 0.717) is 0 Å². The number of anilines is 2. The maximum atomic E-state index is 11.2. The molecule has 0 amide bonds. The number of nitrogens with one attached hydrogen (secondary N) is 1. The van der Waals surface area contributed by atoms with Gasteiger partial charge in [-0.25, -0.2) is 0 Å². The van der Waals surface area contributed by atoms with E-state index in [1.807, 2.05) is 31.3 Å². The van der Waals surface area contributed by atoms with Crippen LogP contribution in [0.2, 0.25) is 0 Å². The van der Waals surface area contributed by atoms with Gasteiger partial charge in [-0.15, -0.1) is 0 Å². The highest BCUT2D eigenvalue weighted by Crippen LogP contribution is 2.29. The lowest BCUT2D eigenvalue weighted by molar-refractivity contribution is 1.21. The van der Waals surface area contributed by atoms with Crippen LogP contribution in [0.5, 0.6) is 0 Å². The summed E-state index contributed by atoms with van der Waals surface area (Å²) in [5, 5.41) is 0. The fourth-order valence-corrected chi connectivity index (χ4v) is 3.19. The van der Waals surface area contributed by atoms with Crippen LogP contribution in [0.25, 0.3) is 10.4 Å². The zero-order valence-electron chi connectivity index (χ0n) is 11.3. The zero-order chi connectivity index (χ0) is 14.8. The number of hydrogen-bond donors (Lipinski definition) is 1. The molecule has 3 nitrogen and oxygen atoms in total. The van der Waals surface area contributed by atoms with E-state index < -0.39 is 0 Å². The number of aromatic nitrogens is 1. The lowest BCUT2D eigenvalue weighted by Crippen LogP contribution is -2.08. The maximum absolute atomic E-state index is 11.2. The summed E-state index contributed by atoms with van der Waals surface area (Å²) in [5.41, 5.74) is 3.21.